The number of aryl methyl sites for hydroxylation is 1. The summed E-state index contributed by atoms with van der Waals surface area (Å²) in [6.07, 6.45) is 1.18. The first kappa shape index (κ1) is 18.4. The van der Waals surface area contributed by atoms with E-state index >= 15 is 0 Å². The Kier molecular flexibility index (Phi) is 5.63. The van der Waals surface area contributed by atoms with Crippen LogP contribution in [-0.2, 0) is 16.1 Å². The van der Waals surface area contributed by atoms with Crippen molar-refractivity contribution >= 4 is 51.4 Å². The first-order chi connectivity index (χ1) is 11.3. The van der Waals surface area contributed by atoms with Gasteiger partial charge in [0, 0.05) is 4.88 Å². The lowest BCUT2D eigenvalue weighted by Gasteiger charge is -2.07. The molecule has 0 atom stereocenters. The van der Waals surface area contributed by atoms with Gasteiger partial charge >= 0.3 is 5.97 Å². The Morgan fingerprint density at radius 1 is 1.38 bits per heavy atom. The van der Waals surface area contributed by atoms with Gasteiger partial charge in [-0.25, -0.2) is 9.48 Å². The number of amides is 1. The van der Waals surface area contributed by atoms with Gasteiger partial charge in [0.1, 0.15) is 16.6 Å². The molecule has 2 heterocycles. The fraction of sp³-hybridized carbons (Fsp3) is 0.286. The molecule has 0 unspecified atom stereocenters. The van der Waals surface area contributed by atoms with Crippen LogP contribution in [0.15, 0.2) is 11.0 Å². The van der Waals surface area contributed by atoms with Gasteiger partial charge in [-0.1, -0.05) is 23.2 Å². The van der Waals surface area contributed by atoms with E-state index in [9.17, 15) is 14.4 Å². The number of rotatable bonds is 4. The van der Waals surface area contributed by atoms with E-state index in [4.69, 9.17) is 27.9 Å². The molecule has 10 heteroatoms. The molecule has 1 amide bonds. The van der Waals surface area contributed by atoms with Crippen molar-refractivity contribution in [2.24, 2.45) is 0 Å². The highest BCUT2D eigenvalue weighted by atomic mass is 35.5. The molecule has 0 aromatic carbocycles. The molecule has 1 N–H and O–H groups in total. The van der Waals surface area contributed by atoms with Crippen molar-refractivity contribution < 1.29 is 14.3 Å². The summed E-state index contributed by atoms with van der Waals surface area (Å²) >= 11 is 12.7. The number of carbonyl (C=O) groups is 2. The highest BCUT2D eigenvalue weighted by molar-refractivity contribution is 7.16. The van der Waals surface area contributed by atoms with Gasteiger partial charge in [0.2, 0.25) is 5.91 Å². The predicted octanol–water partition coefficient (Wildman–Crippen LogP) is 2.65. The number of hydrogen-bond acceptors (Lipinski definition) is 6. The van der Waals surface area contributed by atoms with E-state index in [0.29, 0.717) is 10.6 Å². The van der Waals surface area contributed by atoms with Gasteiger partial charge in [-0.05, 0) is 19.4 Å². The molecule has 0 aliphatic heterocycles. The van der Waals surface area contributed by atoms with E-state index in [1.165, 1.54) is 24.6 Å². The third-order valence-corrected chi connectivity index (χ3v) is 5.13. The molecule has 0 radical (unpaired) electrons. The Morgan fingerprint density at radius 3 is 2.67 bits per heavy atom. The maximum Gasteiger partial charge on any atom is 0.341 e. The Labute approximate surface area is 151 Å². The molecule has 2 rings (SSSR count). The maximum absolute atomic E-state index is 12.2. The standard InChI is InChI=1S/C14H13Cl2N3O4S/c1-6-7(2)24-12(10(6)14(22)23-3)18-9(20)5-19-13(21)11(16)8(15)4-17-19/h4H,5H2,1-3H3,(H,18,20). The third-order valence-electron chi connectivity index (χ3n) is 3.26. The van der Waals surface area contributed by atoms with Crippen LogP contribution in [0.4, 0.5) is 5.00 Å². The van der Waals surface area contributed by atoms with E-state index in [0.717, 1.165) is 15.1 Å². The van der Waals surface area contributed by atoms with Gasteiger partial charge < -0.3 is 10.1 Å². The second-order valence-electron chi connectivity index (χ2n) is 4.80. The summed E-state index contributed by atoms with van der Waals surface area (Å²) < 4.78 is 5.62. The summed E-state index contributed by atoms with van der Waals surface area (Å²) in [6.45, 7) is 3.22. The third kappa shape index (κ3) is 3.61. The number of nitrogens with one attached hydrogen (secondary N) is 1. The molecule has 0 aliphatic rings. The molecule has 7 nitrogen and oxygen atoms in total. The van der Waals surface area contributed by atoms with E-state index in [1.54, 1.807) is 6.92 Å². The number of methoxy groups -OCH3 is 1. The Hall–Kier alpha value is -1.90. The predicted molar refractivity (Wildman–Crippen MR) is 92.3 cm³/mol. The number of halogens is 2. The first-order valence-corrected chi connectivity index (χ1v) is 8.22. The minimum atomic E-state index is -0.675. The number of ether oxygens (including phenoxy) is 1. The minimum absolute atomic E-state index is 0.0100. The number of thiophene rings is 1. The molecule has 0 spiro atoms. The van der Waals surface area contributed by atoms with Gasteiger partial charge in [0.05, 0.1) is 23.9 Å². The van der Waals surface area contributed by atoms with Crippen LogP contribution in [0.5, 0.6) is 0 Å². The van der Waals surface area contributed by atoms with Crippen molar-refractivity contribution in [3.05, 3.63) is 42.6 Å². The Morgan fingerprint density at radius 2 is 2.04 bits per heavy atom. The molecular weight excluding hydrogens is 377 g/mol. The molecule has 24 heavy (non-hydrogen) atoms. The van der Waals surface area contributed by atoms with Crippen LogP contribution in [0.3, 0.4) is 0 Å². The summed E-state index contributed by atoms with van der Waals surface area (Å²) in [4.78, 5) is 36.8. The van der Waals surface area contributed by atoms with Crippen LogP contribution >= 0.6 is 34.5 Å². The highest BCUT2D eigenvalue weighted by Crippen LogP contribution is 2.32. The number of aromatic nitrogens is 2. The van der Waals surface area contributed by atoms with Crippen LogP contribution in [0, 0.1) is 13.8 Å². The normalized spacial score (nSPS) is 10.5. The quantitative estimate of drug-likeness (QED) is 0.811. The molecule has 128 valence electrons. The molecule has 2 aromatic rings. The zero-order chi connectivity index (χ0) is 18.0. The summed E-state index contributed by atoms with van der Waals surface area (Å²) in [6, 6.07) is 0. The zero-order valence-corrected chi connectivity index (χ0v) is 15.3. The minimum Gasteiger partial charge on any atom is -0.465 e. The summed E-state index contributed by atoms with van der Waals surface area (Å²) in [5, 5.41) is 6.51. The van der Waals surface area contributed by atoms with Gasteiger partial charge in [0.25, 0.3) is 5.56 Å². The largest absolute Gasteiger partial charge is 0.465 e. The van der Waals surface area contributed by atoms with E-state index in [1.807, 2.05) is 6.92 Å². The summed E-state index contributed by atoms with van der Waals surface area (Å²) in [7, 11) is 1.26. The van der Waals surface area contributed by atoms with E-state index in [-0.39, 0.29) is 16.6 Å². The Balaban J connectivity index is 2.26. The SMILES string of the molecule is COC(=O)c1c(NC(=O)Cn2ncc(Cl)c(Cl)c2=O)sc(C)c1C. The van der Waals surface area contributed by atoms with Crippen LogP contribution in [0.25, 0.3) is 0 Å². The molecule has 0 saturated carbocycles. The van der Waals surface area contributed by atoms with Crippen molar-refractivity contribution in [1.82, 2.24) is 9.78 Å². The van der Waals surface area contributed by atoms with Crippen molar-refractivity contribution in [2.45, 2.75) is 20.4 Å². The molecule has 0 saturated heterocycles. The topological polar surface area (TPSA) is 90.3 Å². The van der Waals surface area contributed by atoms with Crippen molar-refractivity contribution in [3.63, 3.8) is 0 Å². The molecule has 2 aromatic heterocycles. The van der Waals surface area contributed by atoms with Crippen molar-refractivity contribution in [2.75, 3.05) is 12.4 Å². The average Bonchev–Trinajstić information content (AvgIpc) is 2.81. The molecular formula is C14H13Cl2N3O4S. The van der Waals surface area contributed by atoms with Crippen LogP contribution in [-0.4, -0.2) is 28.8 Å². The number of nitrogens with zero attached hydrogens (tertiary/aromatic N) is 2. The lowest BCUT2D eigenvalue weighted by atomic mass is 10.1. The van der Waals surface area contributed by atoms with Crippen LogP contribution in [0.2, 0.25) is 10.0 Å². The van der Waals surface area contributed by atoms with Gasteiger partial charge in [0.15, 0.2) is 0 Å². The van der Waals surface area contributed by atoms with Crippen LogP contribution < -0.4 is 10.9 Å². The molecule has 0 bridgehead atoms. The number of anilines is 1. The number of hydrogen-bond donors (Lipinski definition) is 1. The molecule has 0 fully saturated rings. The van der Waals surface area contributed by atoms with Gasteiger partial charge in [-0.2, -0.15) is 5.10 Å². The van der Waals surface area contributed by atoms with E-state index < -0.39 is 17.4 Å². The van der Waals surface area contributed by atoms with Crippen LogP contribution in [0.1, 0.15) is 20.8 Å². The second-order valence-corrected chi connectivity index (χ2v) is 6.81. The number of carbonyl (C=O) groups excluding carboxylic acids is 2. The number of esters is 1. The second kappa shape index (κ2) is 7.33. The average molecular weight is 390 g/mol. The lowest BCUT2D eigenvalue weighted by Crippen LogP contribution is -2.30. The van der Waals surface area contributed by atoms with Crippen molar-refractivity contribution in [3.8, 4) is 0 Å². The van der Waals surface area contributed by atoms with Crippen molar-refractivity contribution in [1.29, 1.82) is 0 Å². The first-order valence-electron chi connectivity index (χ1n) is 6.65. The smallest absolute Gasteiger partial charge is 0.341 e. The molecule has 0 aliphatic carbocycles. The highest BCUT2D eigenvalue weighted by Gasteiger charge is 2.22. The van der Waals surface area contributed by atoms with E-state index in [2.05, 4.69) is 10.4 Å². The van der Waals surface area contributed by atoms with Gasteiger partial charge in [-0.15, -0.1) is 11.3 Å². The monoisotopic (exact) mass is 389 g/mol. The maximum atomic E-state index is 12.2. The fourth-order valence-electron chi connectivity index (χ4n) is 1.92. The fourth-order valence-corrected chi connectivity index (χ4v) is 3.26. The summed E-state index contributed by atoms with van der Waals surface area (Å²) in [5.41, 5.74) is 0.348. The van der Waals surface area contributed by atoms with Gasteiger partial charge in [-0.3, -0.25) is 9.59 Å². The Bertz CT molecular complexity index is 876. The summed E-state index contributed by atoms with van der Waals surface area (Å²) in [5.74, 6) is -1.08. The zero-order valence-electron chi connectivity index (χ0n) is 13.0. The lowest BCUT2D eigenvalue weighted by molar-refractivity contribution is -0.117.